The molecule has 118 valence electrons. The van der Waals surface area contributed by atoms with Crippen molar-refractivity contribution in [1.29, 1.82) is 0 Å². The Morgan fingerprint density at radius 2 is 2.00 bits per heavy atom. The van der Waals surface area contributed by atoms with Gasteiger partial charge in [-0.25, -0.2) is 0 Å². The molecule has 5 heteroatoms. The van der Waals surface area contributed by atoms with Gasteiger partial charge in [-0.3, -0.25) is 4.79 Å². The molecular weight excluding hydrogens is 292 g/mol. The standard InChI is InChI=1S/C18H18N2O3/c1-13-16(17(23-20-13)15-10-6-12-22-15)18(21)19-11-5-9-14-7-3-2-4-8-14/h2-4,6-8,10,12H,5,9,11H2,1H3,(H,19,21). The van der Waals surface area contributed by atoms with Gasteiger partial charge in [0.2, 0.25) is 5.76 Å². The summed E-state index contributed by atoms with van der Waals surface area (Å²) in [5.74, 6) is 0.677. The molecule has 2 aromatic heterocycles. The van der Waals surface area contributed by atoms with Crippen molar-refractivity contribution < 1.29 is 13.7 Å². The van der Waals surface area contributed by atoms with Crippen LogP contribution in [-0.2, 0) is 6.42 Å². The first-order valence-electron chi connectivity index (χ1n) is 7.58. The number of hydrogen-bond donors (Lipinski definition) is 1. The van der Waals surface area contributed by atoms with Gasteiger partial charge in [-0.2, -0.15) is 0 Å². The first kappa shape index (κ1) is 15.1. The molecule has 0 aliphatic carbocycles. The fourth-order valence-corrected chi connectivity index (χ4v) is 2.44. The van der Waals surface area contributed by atoms with E-state index in [1.54, 1.807) is 19.1 Å². The van der Waals surface area contributed by atoms with Gasteiger partial charge >= 0.3 is 0 Å². The number of carbonyl (C=O) groups excluding carboxylic acids is 1. The molecule has 0 unspecified atom stereocenters. The Labute approximate surface area is 134 Å². The normalized spacial score (nSPS) is 10.7. The summed E-state index contributed by atoms with van der Waals surface area (Å²) in [6.45, 7) is 2.34. The minimum atomic E-state index is -0.191. The van der Waals surface area contributed by atoms with Crippen molar-refractivity contribution in [2.45, 2.75) is 19.8 Å². The number of nitrogens with one attached hydrogen (secondary N) is 1. The highest BCUT2D eigenvalue weighted by molar-refractivity contribution is 6.00. The van der Waals surface area contributed by atoms with Crippen LogP contribution in [0.4, 0.5) is 0 Å². The van der Waals surface area contributed by atoms with E-state index in [1.807, 2.05) is 18.2 Å². The van der Waals surface area contributed by atoms with Gasteiger partial charge in [-0.1, -0.05) is 35.5 Å². The molecule has 2 heterocycles. The van der Waals surface area contributed by atoms with Gasteiger partial charge in [-0.15, -0.1) is 0 Å². The summed E-state index contributed by atoms with van der Waals surface area (Å²) < 4.78 is 10.5. The van der Waals surface area contributed by atoms with Gasteiger partial charge in [0, 0.05) is 6.54 Å². The maximum absolute atomic E-state index is 12.4. The summed E-state index contributed by atoms with van der Waals surface area (Å²) in [5, 5.41) is 6.79. The third-order valence-electron chi connectivity index (χ3n) is 3.61. The molecule has 0 fully saturated rings. The SMILES string of the molecule is Cc1noc(-c2ccco2)c1C(=O)NCCCc1ccccc1. The zero-order valence-electron chi connectivity index (χ0n) is 12.9. The number of benzene rings is 1. The second kappa shape index (κ2) is 6.96. The molecule has 1 aromatic carbocycles. The lowest BCUT2D eigenvalue weighted by atomic mass is 10.1. The van der Waals surface area contributed by atoms with Crippen LogP contribution in [0.2, 0.25) is 0 Å². The average molecular weight is 310 g/mol. The Kier molecular flexibility index (Phi) is 4.57. The maximum Gasteiger partial charge on any atom is 0.257 e. The van der Waals surface area contributed by atoms with Gasteiger partial charge in [0.15, 0.2) is 5.76 Å². The Morgan fingerprint density at radius 1 is 1.17 bits per heavy atom. The summed E-state index contributed by atoms with van der Waals surface area (Å²) in [6, 6.07) is 13.7. The van der Waals surface area contributed by atoms with Gasteiger partial charge in [0.1, 0.15) is 5.56 Å². The van der Waals surface area contributed by atoms with Gasteiger partial charge in [-0.05, 0) is 37.5 Å². The molecule has 0 atom stereocenters. The first-order chi connectivity index (χ1) is 11.3. The molecule has 0 aliphatic heterocycles. The predicted molar refractivity (Wildman–Crippen MR) is 86.0 cm³/mol. The van der Waals surface area contributed by atoms with Crippen molar-refractivity contribution in [3.63, 3.8) is 0 Å². The molecule has 1 amide bonds. The lowest BCUT2D eigenvalue weighted by Gasteiger charge is -2.05. The van der Waals surface area contributed by atoms with Crippen molar-refractivity contribution in [3.8, 4) is 11.5 Å². The van der Waals surface area contributed by atoms with E-state index in [0.29, 0.717) is 29.3 Å². The van der Waals surface area contributed by atoms with Crippen LogP contribution in [0.1, 0.15) is 28.0 Å². The molecule has 5 nitrogen and oxygen atoms in total. The molecule has 3 aromatic rings. The molecule has 0 aliphatic rings. The van der Waals surface area contributed by atoms with E-state index in [-0.39, 0.29) is 5.91 Å². The Balaban J connectivity index is 1.60. The smallest absolute Gasteiger partial charge is 0.257 e. The van der Waals surface area contributed by atoms with Crippen LogP contribution in [0.15, 0.2) is 57.7 Å². The molecule has 0 saturated heterocycles. The monoisotopic (exact) mass is 310 g/mol. The van der Waals surface area contributed by atoms with Crippen molar-refractivity contribution in [2.75, 3.05) is 6.54 Å². The summed E-state index contributed by atoms with van der Waals surface area (Å²) in [7, 11) is 0. The molecule has 23 heavy (non-hydrogen) atoms. The largest absolute Gasteiger partial charge is 0.461 e. The van der Waals surface area contributed by atoms with E-state index in [9.17, 15) is 4.79 Å². The van der Waals surface area contributed by atoms with Crippen LogP contribution < -0.4 is 5.32 Å². The molecule has 0 spiro atoms. The summed E-state index contributed by atoms with van der Waals surface area (Å²) in [4.78, 5) is 12.4. The average Bonchev–Trinajstić information content (AvgIpc) is 3.21. The second-order valence-electron chi connectivity index (χ2n) is 5.29. The number of hydrogen-bond acceptors (Lipinski definition) is 4. The van der Waals surface area contributed by atoms with Crippen LogP contribution in [0, 0.1) is 6.92 Å². The Hall–Kier alpha value is -2.82. The number of carbonyl (C=O) groups is 1. The zero-order valence-corrected chi connectivity index (χ0v) is 12.9. The quantitative estimate of drug-likeness (QED) is 0.706. The fourth-order valence-electron chi connectivity index (χ4n) is 2.44. The zero-order chi connectivity index (χ0) is 16.1. The number of aryl methyl sites for hydroxylation is 2. The highest BCUT2D eigenvalue weighted by atomic mass is 16.5. The van der Waals surface area contributed by atoms with E-state index in [2.05, 4.69) is 22.6 Å². The lowest BCUT2D eigenvalue weighted by molar-refractivity contribution is 0.0952. The van der Waals surface area contributed by atoms with Crippen LogP contribution in [0.5, 0.6) is 0 Å². The van der Waals surface area contributed by atoms with Crippen molar-refractivity contribution in [2.24, 2.45) is 0 Å². The van der Waals surface area contributed by atoms with Crippen LogP contribution in [-0.4, -0.2) is 17.6 Å². The van der Waals surface area contributed by atoms with Gasteiger partial charge in [0.25, 0.3) is 5.91 Å². The number of nitrogens with zero attached hydrogens (tertiary/aromatic N) is 1. The van der Waals surface area contributed by atoms with E-state index >= 15 is 0 Å². The number of amides is 1. The maximum atomic E-state index is 12.4. The lowest BCUT2D eigenvalue weighted by Crippen LogP contribution is -2.25. The molecule has 0 radical (unpaired) electrons. The van der Waals surface area contributed by atoms with Gasteiger partial charge in [0.05, 0.1) is 12.0 Å². The Bertz CT molecular complexity index is 761. The highest BCUT2D eigenvalue weighted by Crippen LogP contribution is 2.26. The molecular formula is C18H18N2O3. The second-order valence-corrected chi connectivity index (χ2v) is 5.29. The predicted octanol–water partition coefficient (Wildman–Crippen LogP) is 3.61. The minimum Gasteiger partial charge on any atom is -0.461 e. The third-order valence-corrected chi connectivity index (χ3v) is 3.61. The van der Waals surface area contributed by atoms with E-state index in [4.69, 9.17) is 8.94 Å². The Morgan fingerprint density at radius 3 is 2.74 bits per heavy atom. The molecule has 1 N–H and O–H groups in total. The summed E-state index contributed by atoms with van der Waals surface area (Å²) in [5.41, 5.74) is 2.25. The van der Waals surface area contributed by atoms with Crippen molar-refractivity contribution >= 4 is 5.91 Å². The van der Waals surface area contributed by atoms with Gasteiger partial charge < -0.3 is 14.3 Å². The molecule has 0 saturated carbocycles. The van der Waals surface area contributed by atoms with Crippen molar-refractivity contribution in [1.82, 2.24) is 10.5 Å². The minimum absolute atomic E-state index is 0.191. The first-order valence-corrected chi connectivity index (χ1v) is 7.58. The van der Waals surface area contributed by atoms with Crippen LogP contribution in [0.25, 0.3) is 11.5 Å². The number of rotatable bonds is 6. The van der Waals surface area contributed by atoms with Crippen molar-refractivity contribution in [3.05, 3.63) is 65.5 Å². The summed E-state index contributed by atoms with van der Waals surface area (Å²) >= 11 is 0. The topological polar surface area (TPSA) is 68.3 Å². The van der Waals surface area contributed by atoms with Crippen LogP contribution in [0.3, 0.4) is 0 Å². The van der Waals surface area contributed by atoms with E-state index in [1.165, 1.54) is 11.8 Å². The summed E-state index contributed by atoms with van der Waals surface area (Å²) in [6.07, 6.45) is 3.33. The third kappa shape index (κ3) is 3.51. The fraction of sp³-hybridized carbons (Fsp3) is 0.222. The number of furan rings is 1. The number of aromatic nitrogens is 1. The van der Waals surface area contributed by atoms with E-state index < -0.39 is 0 Å². The van der Waals surface area contributed by atoms with E-state index in [0.717, 1.165) is 12.8 Å². The van der Waals surface area contributed by atoms with Crippen LogP contribution >= 0.6 is 0 Å². The molecule has 3 rings (SSSR count). The molecule has 0 bridgehead atoms. The highest BCUT2D eigenvalue weighted by Gasteiger charge is 2.23.